The number of halogens is 1. The average Bonchev–Trinajstić information content (AvgIpc) is 3.16. The molecule has 1 N–H and O–H groups in total. The lowest BCUT2D eigenvalue weighted by atomic mass is 10.1. The van der Waals surface area contributed by atoms with Crippen molar-refractivity contribution in [2.24, 2.45) is 0 Å². The van der Waals surface area contributed by atoms with E-state index >= 15 is 0 Å². The highest BCUT2D eigenvalue weighted by Crippen LogP contribution is 2.25. The topological polar surface area (TPSA) is 102 Å². The third kappa shape index (κ3) is 4.47. The standard InChI is InChI=1S/C19H20ClN5O4/c20-14-3-1-13(2-4-14)17-16-18(29-23-17)22-12-25(19(16)27)11-15(26)21-5-6-24-7-9-28-10-8-24/h1-4,12H,5-11H2,(H,21,26). The van der Waals surface area contributed by atoms with Crippen molar-refractivity contribution in [2.45, 2.75) is 6.54 Å². The smallest absolute Gasteiger partial charge is 0.267 e. The minimum absolute atomic E-state index is 0.129. The van der Waals surface area contributed by atoms with Crippen molar-refractivity contribution in [3.8, 4) is 11.3 Å². The molecule has 0 aliphatic carbocycles. The van der Waals surface area contributed by atoms with Crippen LogP contribution in [0, 0.1) is 0 Å². The van der Waals surface area contributed by atoms with Gasteiger partial charge in [0.2, 0.25) is 5.91 Å². The van der Waals surface area contributed by atoms with E-state index in [1.54, 1.807) is 24.3 Å². The molecule has 0 unspecified atom stereocenters. The Hall–Kier alpha value is -2.75. The number of rotatable bonds is 6. The van der Waals surface area contributed by atoms with Gasteiger partial charge in [-0.2, -0.15) is 0 Å². The van der Waals surface area contributed by atoms with Crippen molar-refractivity contribution in [3.05, 3.63) is 46.0 Å². The number of carbonyl (C=O) groups is 1. The van der Waals surface area contributed by atoms with Crippen LogP contribution in [0.1, 0.15) is 0 Å². The number of hydrogen-bond donors (Lipinski definition) is 1. The highest BCUT2D eigenvalue weighted by Gasteiger charge is 2.18. The van der Waals surface area contributed by atoms with Crippen molar-refractivity contribution in [1.29, 1.82) is 0 Å². The fourth-order valence-corrected chi connectivity index (χ4v) is 3.31. The summed E-state index contributed by atoms with van der Waals surface area (Å²) >= 11 is 5.92. The van der Waals surface area contributed by atoms with E-state index in [4.69, 9.17) is 20.9 Å². The van der Waals surface area contributed by atoms with Crippen molar-refractivity contribution in [3.63, 3.8) is 0 Å². The summed E-state index contributed by atoms with van der Waals surface area (Å²) in [5.41, 5.74) is 0.796. The fourth-order valence-electron chi connectivity index (χ4n) is 3.19. The number of aromatic nitrogens is 3. The maximum Gasteiger partial charge on any atom is 0.267 e. The molecule has 9 nitrogen and oxygen atoms in total. The summed E-state index contributed by atoms with van der Waals surface area (Å²) in [6.07, 6.45) is 1.29. The van der Waals surface area contributed by atoms with Gasteiger partial charge in [0.05, 0.1) is 13.2 Å². The minimum atomic E-state index is -0.385. The molecule has 152 valence electrons. The molecule has 0 spiro atoms. The second-order valence-corrected chi connectivity index (χ2v) is 7.14. The molecule has 1 aliphatic rings. The van der Waals surface area contributed by atoms with Crippen LogP contribution >= 0.6 is 11.6 Å². The number of nitrogens with one attached hydrogen (secondary N) is 1. The van der Waals surface area contributed by atoms with Crippen LogP contribution in [0.5, 0.6) is 0 Å². The Labute approximate surface area is 171 Å². The normalized spacial score (nSPS) is 14.9. The molecule has 4 rings (SSSR count). The van der Waals surface area contributed by atoms with Crippen LogP contribution in [-0.4, -0.2) is 64.9 Å². The molecule has 1 saturated heterocycles. The molecule has 0 atom stereocenters. The number of carbonyl (C=O) groups excluding carboxylic acids is 1. The molecule has 10 heteroatoms. The summed E-state index contributed by atoms with van der Waals surface area (Å²) in [7, 11) is 0. The van der Waals surface area contributed by atoms with E-state index in [0.29, 0.717) is 36.0 Å². The van der Waals surface area contributed by atoms with Gasteiger partial charge in [0, 0.05) is 36.8 Å². The van der Waals surface area contributed by atoms with E-state index in [0.717, 1.165) is 19.6 Å². The van der Waals surface area contributed by atoms with E-state index in [1.807, 2.05) is 0 Å². The van der Waals surface area contributed by atoms with Crippen molar-refractivity contribution in [1.82, 2.24) is 24.9 Å². The number of amides is 1. The lowest BCUT2D eigenvalue weighted by Gasteiger charge is -2.26. The third-order valence-corrected chi connectivity index (χ3v) is 5.00. The van der Waals surface area contributed by atoms with E-state index in [9.17, 15) is 9.59 Å². The molecule has 0 radical (unpaired) electrons. The van der Waals surface area contributed by atoms with E-state index in [-0.39, 0.29) is 29.1 Å². The van der Waals surface area contributed by atoms with Gasteiger partial charge in [0.1, 0.15) is 24.0 Å². The molecule has 3 aromatic rings. The summed E-state index contributed by atoms with van der Waals surface area (Å²) in [6, 6.07) is 6.89. The van der Waals surface area contributed by atoms with Crippen molar-refractivity contribution < 1.29 is 14.1 Å². The average molecular weight is 418 g/mol. The van der Waals surface area contributed by atoms with E-state index < -0.39 is 0 Å². The van der Waals surface area contributed by atoms with Crippen LogP contribution in [0.3, 0.4) is 0 Å². The maximum atomic E-state index is 12.9. The Kier molecular flexibility index (Phi) is 5.89. The lowest BCUT2D eigenvalue weighted by Crippen LogP contribution is -2.42. The molecular weight excluding hydrogens is 398 g/mol. The summed E-state index contributed by atoms with van der Waals surface area (Å²) in [5.74, 6) is -0.258. The van der Waals surface area contributed by atoms with Gasteiger partial charge in [-0.25, -0.2) is 4.98 Å². The minimum Gasteiger partial charge on any atom is -0.379 e. The Bertz CT molecular complexity index is 1060. The van der Waals surface area contributed by atoms with Gasteiger partial charge < -0.3 is 14.6 Å². The van der Waals surface area contributed by atoms with Gasteiger partial charge in [0.15, 0.2) is 0 Å². The second kappa shape index (κ2) is 8.73. The van der Waals surface area contributed by atoms with Crippen LogP contribution < -0.4 is 10.9 Å². The van der Waals surface area contributed by atoms with Crippen molar-refractivity contribution in [2.75, 3.05) is 39.4 Å². The zero-order chi connectivity index (χ0) is 20.2. The highest BCUT2D eigenvalue weighted by molar-refractivity contribution is 6.30. The summed E-state index contributed by atoms with van der Waals surface area (Å²) in [4.78, 5) is 31.5. The SMILES string of the molecule is O=C(Cn1cnc2onc(-c3ccc(Cl)cc3)c2c1=O)NCCN1CCOCC1. The molecular formula is C19H20ClN5O4. The highest BCUT2D eigenvalue weighted by atomic mass is 35.5. The van der Waals surface area contributed by atoms with Gasteiger partial charge >= 0.3 is 0 Å². The van der Waals surface area contributed by atoms with Gasteiger partial charge in [-0.3, -0.25) is 19.1 Å². The third-order valence-electron chi connectivity index (χ3n) is 4.75. The molecule has 0 saturated carbocycles. The molecule has 2 aromatic heterocycles. The van der Waals surface area contributed by atoms with Crippen LogP contribution in [0.4, 0.5) is 0 Å². The number of benzene rings is 1. The summed E-state index contributed by atoms with van der Waals surface area (Å²) in [5, 5.41) is 7.61. The number of fused-ring (bicyclic) bond motifs is 1. The molecule has 3 heterocycles. The first kappa shape index (κ1) is 19.6. The summed E-state index contributed by atoms with van der Waals surface area (Å²) < 4.78 is 11.7. The predicted molar refractivity (Wildman–Crippen MR) is 107 cm³/mol. The molecule has 29 heavy (non-hydrogen) atoms. The molecule has 1 aromatic carbocycles. The first-order chi connectivity index (χ1) is 14.1. The first-order valence-electron chi connectivity index (χ1n) is 9.29. The van der Waals surface area contributed by atoms with Crippen LogP contribution in [0.15, 0.2) is 39.9 Å². The molecule has 1 aliphatic heterocycles. The van der Waals surface area contributed by atoms with Gasteiger partial charge in [-0.15, -0.1) is 0 Å². The monoisotopic (exact) mass is 417 g/mol. The fraction of sp³-hybridized carbons (Fsp3) is 0.368. The number of ether oxygens (including phenoxy) is 1. The quantitative estimate of drug-likeness (QED) is 0.641. The number of hydrogen-bond acceptors (Lipinski definition) is 7. The van der Waals surface area contributed by atoms with E-state index in [2.05, 4.69) is 20.4 Å². The largest absolute Gasteiger partial charge is 0.379 e. The Morgan fingerprint density at radius 2 is 1.97 bits per heavy atom. The van der Waals surface area contributed by atoms with Crippen LogP contribution in [-0.2, 0) is 16.1 Å². The summed E-state index contributed by atoms with van der Waals surface area (Å²) in [6.45, 7) is 4.26. The second-order valence-electron chi connectivity index (χ2n) is 6.70. The zero-order valence-electron chi connectivity index (χ0n) is 15.6. The van der Waals surface area contributed by atoms with Gasteiger partial charge in [-0.1, -0.05) is 28.9 Å². The van der Waals surface area contributed by atoms with Gasteiger partial charge in [-0.05, 0) is 12.1 Å². The van der Waals surface area contributed by atoms with Gasteiger partial charge in [0.25, 0.3) is 11.3 Å². The van der Waals surface area contributed by atoms with Crippen molar-refractivity contribution >= 4 is 28.6 Å². The predicted octanol–water partition coefficient (Wildman–Crippen LogP) is 1.15. The molecule has 1 amide bonds. The Balaban J connectivity index is 1.47. The Morgan fingerprint density at radius 1 is 1.21 bits per heavy atom. The lowest BCUT2D eigenvalue weighted by molar-refractivity contribution is -0.121. The first-order valence-corrected chi connectivity index (χ1v) is 9.67. The zero-order valence-corrected chi connectivity index (χ0v) is 16.4. The molecule has 1 fully saturated rings. The number of morpholine rings is 1. The Morgan fingerprint density at radius 3 is 2.72 bits per heavy atom. The van der Waals surface area contributed by atoms with E-state index in [1.165, 1.54) is 10.9 Å². The molecule has 0 bridgehead atoms. The number of nitrogens with zero attached hydrogens (tertiary/aromatic N) is 4. The van der Waals surface area contributed by atoms with Crippen LogP contribution in [0.25, 0.3) is 22.4 Å². The maximum absolute atomic E-state index is 12.9. The van der Waals surface area contributed by atoms with Crippen LogP contribution in [0.2, 0.25) is 5.02 Å².